The summed E-state index contributed by atoms with van der Waals surface area (Å²) in [5.74, 6) is -0.164. The van der Waals surface area contributed by atoms with Crippen molar-refractivity contribution in [3.05, 3.63) is 34.6 Å². The first-order chi connectivity index (χ1) is 8.93. The Labute approximate surface area is 114 Å². The number of halogens is 1. The van der Waals surface area contributed by atoms with Crippen LogP contribution in [0.3, 0.4) is 0 Å². The fourth-order valence-electron chi connectivity index (χ4n) is 1.89. The smallest absolute Gasteiger partial charge is 0.234 e. The maximum absolute atomic E-state index is 13.5. The number of benzene rings is 1. The van der Waals surface area contributed by atoms with Gasteiger partial charge >= 0.3 is 0 Å². The van der Waals surface area contributed by atoms with E-state index in [0.29, 0.717) is 17.7 Å². The van der Waals surface area contributed by atoms with Gasteiger partial charge in [0.05, 0.1) is 6.54 Å². The number of rotatable bonds is 6. The molecule has 0 heterocycles. The molecule has 0 aromatic heterocycles. The van der Waals surface area contributed by atoms with E-state index in [2.05, 4.69) is 10.6 Å². The molecule has 1 amide bonds. The van der Waals surface area contributed by atoms with E-state index in [1.54, 1.807) is 13.8 Å². The van der Waals surface area contributed by atoms with Crippen LogP contribution >= 0.6 is 0 Å². The van der Waals surface area contributed by atoms with Crippen LogP contribution in [-0.4, -0.2) is 18.5 Å². The third-order valence-corrected chi connectivity index (χ3v) is 3.13. The number of nitrogens with one attached hydrogen (secondary N) is 2. The first-order valence-electron chi connectivity index (χ1n) is 6.69. The second-order valence-corrected chi connectivity index (χ2v) is 5.02. The molecule has 106 valence electrons. The number of carbonyl (C=O) groups excluding carboxylic acids is 1. The van der Waals surface area contributed by atoms with Crippen molar-refractivity contribution in [1.82, 2.24) is 10.6 Å². The van der Waals surface area contributed by atoms with Crippen molar-refractivity contribution >= 4 is 5.91 Å². The lowest BCUT2D eigenvalue weighted by Gasteiger charge is -2.12. The summed E-state index contributed by atoms with van der Waals surface area (Å²) < 4.78 is 13.5. The van der Waals surface area contributed by atoms with Gasteiger partial charge in [0.1, 0.15) is 5.82 Å². The van der Waals surface area contributed by atoms with Crippen LogP contribution in [0.25, 0.3) is 0 Å². The van der Waals surface area contributed by atoms with Crippen LogP contribution in [0.1, 0.15) is 37.0 Å². The Balaban J connectivity index is 2.43. The molecule has 1 aromatic rings. The van der Waals surface area contributed by atoms with E-state index in [9.17, 15) is 9.18 Å². The normalized spacial score (nSPS) is 12.3. The molecule has 2 N–H and O–H groups in total. The number of hydrogen-bond donors (Lipinski definition) is 2. The molecule has 0 saturated heterocycles. The number of hydrogen-bond acceptors (Lipinski definition) is 2. The molecule has 0 aliphatic heterocycles. The third-order valence-electron chi connectivity index (χ3n) is 3.13. The molecule has 1 rings (SSSR count). The first-order valence-corrected chi connectivity index (χ1v) is 6.69. The van der Waals surface area contributed by atoms with Gasteiger partial charge in [0.15, 0.2) is 0 Å². The third kappa shape index (κ3) is 4.99. The van der Waals surface area contributed by atoms with Gasteiger partial charge in [-0.15, -0.1) is 0 Å². The van der Waals surface area contributed by atoms with E-state index in [1.807, 2.05) is 26.0 Å². The Bertz CT molecular complexity index is 423. The molecule has 0 bridgehead atoms. The molecular formula is C15H23FN2O. The zero-order valence-electron chi connectivity index (χ0n) is 12.1. The summed E-state index contributed by atoms with van der Waals surface area (Å²) in [6.07, 6.45) is 0.919. The predicted molar refractivity (Wildman–Crippen MR) is 75.5 cm³/mol. The second-order valence-electron chi connectivity index (χ2n) is 5.02. The summed E-state index contributed by atoms with van der Waals surface area (Å²) in [5, 5.41) is 5.96. The minimum atomic E-state index is -0.154. The van der Waals surface area contributed by atoms with Crippen LogP contribution in [0.4, 0.5) is 4.39 Å². The monoisotopic (exact) mass is 266 g/mol. The fraction of sp³-hybridized carbons (Fsp3) is 0.533. The molecule has 0 aliphatic carbocycles. The van der Waals surface area contributed by atoms with Crippen LogP contribution in [-0.2, 0) is 11.3 Å². The minimum Gasteiger partial charge on any atom is -0.353 e. The second kappa shape index (κ2) is 7.24. The maximum atomic E-state index is 13.5. The van der Waals surface area contributed by atoms with Crippen molar-refractivity contribution in [3.8, 4) is 0 Å². The molecule has 1 aromatic carbocycles. The topological polar surface area (TPSA) is 41.1 Å². The molecule has 0 saturated carbocycles. The molecule has 1 atom stereocenters. The molecule has 4 heteroatoms. The average Bonchev–Trinajstić information content (AvgIpc) is 2.35. The Morgan fingerprint density at radius 2 is 1.89 bits per heavy atom. The Morgan fingerprint density at radius 1 is 1.32 bits per heavy atom. The van der Waals surface area contributed by atoms with Gasteiger partial charge in [-0.25, -0.2) is 4.39 Å². The van der Waals surface area contributed by atoms with Gasteiger partial charge in [0.25, 0.3) is 0 Å². The highest BCUT2D eigenvalue weighted by Crippen LogP contribution is 2.14. The van der Waals surface area contributed by atoms with Crippen molar-refractivity contribution in [1.29, 1.82) is 0 Å². The van der Waals surface area contributed by atoms with Gasteiger partial charge in [-0.05, 0) is 43.9 Å². The van der Waals surface area contributed by atoms with Gasteiger partial charge in [-0.1, -0.05) is 19.1 Å². The van der Waals surface area contributed by atoms with Crippen LogP contribution in [0.5, 0.6) is 0 Å². The summed E-state index contributed by atoms with van der Waals surface area (Å²) in [6.45, 7) is 8.35. The van der Waals surface area contributed by atoms with E-state index in [1.165, 1.54) is 0 Å². The van der Waals surface area contributed by atoms with Gasteiger partial charge in [-0.3, -0.25) is 4.79 Å². The van der Waals surface area contributed by atoms with E-state index in [4.69, 9.17) is 0 Å². The van der Waals surface area contributed by atoms with Crippen molar-refractivity contribution in [2.24, 2.45) is 0 Å². The Kier molecular flexibility index (Phi) is 5.96. The molecule has 0 aliphatic rings. The number of aryl methyl sites for hydroxylation is 2. The molecule has 19 heavy (non-hydrogen) atoms. The standard InChI is InChI=1S/C15H23FN2O/c1-5-12(4)18-14(19)9-17-8-13-6-10(2)15(16)11(3)7-13/h6-7,12,17H,5,8-9H2,1-4H3,(H,18,19). The summed E-state index contributed by atoms with van der Waals surface area (Å²) in [4.78, 5) is 11.6. The minimum absolute atomic E-state index is 0.00935. The van der Waals surface area contributed by atoms with Crippen LogP contribution in [0.15, 0.2) is 12.1 Å². The van der Waals surface area contributed by atoms with Crippen molar-refractivity contribution in [3.63, 3.8) is 0 Å². The van der Waals surface area contributed by atoms with Crippen LogP contribution in [0.2, 0.25) is 0 Å². The van der Waals surface area contributed by atoms with Gasteiger partial charge in [0.2, 0.25) is 5.91 Å². The molecule has 0 fully saturated rings. The van der Waals surface area contributed by atoms with E-state index < -0.39 is 0 Å². The Morgan fingerprint density at radius 3 is 2.42 bits per heavy atom. The number of carbonyl (C=O) groups is 1. The largest absolute Gasteiger partial charge is 0.353 e. The predicted octanol–water partition coefficient (Wildman–Crippen LogP) is 2.45. The lowest BCUT2D eigenvalue weighted by atomic mass is 10.1. The SMILES string of the molecule is CCC(C)NC(=O)CNCc1cc(C)c(F)c(C)c1. The average molecular weight is 266 g/mol. The van der Waals surface area contributed by atoms with Crippen LogP contribution in [0, 0.1) is 19.7 Å². The molecule has 3 nitrogen and oxygen atoms in total. The molecule has 0 spiro atoms. The quantitative estimate of drug-likeness (QED) is 0.830. The van der Waals surface area contributed by atoms with Crippen molar-refractivity contribution in [2.75, 3.05) is 6.54 Å². The summed E-state index contributed by atoms with van der Waals surface area (Å²) >= 11 is 0. The first kappa shape index (κ1) is 15.6. The van der Waals surface area contributed by atoms with Crippen molar-refractivity contribution in [2.45, 2.75) is 46.7 Å². The lowest BCUT2D eigenvalue weighted by Crippen LogP contribution is -2.38. The highest BCUT2D eigenvalue weighted by molar-refractivity contribution is 5.78. The highest BCUT2D eigenvalue weighted by atomic mass is 19.1. The van der Waals surface area contributed by atoms with E-state index in [0.717, 1.165) is 12.0 Å². The molecular weight excluding hydrogens is 243 g/mol. The van der Waals surface area contributed by atoms with Gasteiger partial charge in [-0.2, -0.15) is 0 Å². The van der Waals surface area contributed by atoms with Crippen LogP contribution < -0.4 is 10.6 Å². The zero-order chi connectivity index (χ0) is 14.4. The van der Waals surface area contributed by atoms with Gasteiger partial charge in [0, 0.05) is 12.6 Å². The molecule has 1 unspecified atom stereocenters. The number of amides is 1. The lowest BCUT2D eigenvalue weighted by molar-refractivity contribution is -0.120. The summed E-state index contributed by atoms with van der Waals surface area (Å²) in [5.41, 5.74) is 2.27. The fourth-order valence-corrected chi connectivity index (χ4v) is 1.89. The zero-order valence-corrected chi connectivity index (χ0v) is 12.1. The van der Waals surface area contributed by atoms with Gasteiger partial charge < -0.3 is 10.6 Å². The highest BCUT2D eigenvalue weighted by Gasteiger charge is 2.06. The molecule has 0 radical (unpaired) electrons. The summed E-state index contributed by atoms with van der Waals surface area (Å²) in [7, 11) is 0. The maximum Gasteiger partial charge on any atom is 0.234 e. The Hall–Kier alpha value is -1.42. The van der Waals surface area contributed by atoms with Crippen molar-refractivity contribution < 1.29 is 9.18 Å². The summed E-state index contributed by atoms with van der Waals surface area (Å²) in [6, 6.07) is 3.81. The van der Waals surface area contributed by atoms with E-state index >= 15 is 0 Å². The van der Waals surface area contributed by atoms with E-state index in [-0.39, 0.29) is 24.3 Å².